The number of fused-ring (bicyclic) bond motifs is 2. The molecule has 2 unspecified atom stereocenters. The van der Waals surface area contributed by atoms with Gasteiger partial charge in [0.2, 0.25) is 6.79 Å². The third-order valence-electron chi connectivity index (χ3n) is 8.16. The minimum Gasteiger partial charge on any atom is -0.497 e. The van der Waals surface area contributed by atoms with Crippen molar-refractivity contribution in [2.45, 2.75) is 24.7 Å². The van der Waals surface area contributed by atoms with Gasteiger partial charge in [-0.1, -0.05) is 18.2 Å². The maximum atomic E-state index is 13.2. The first-order chi connectivity index (χ1) is 20.1. The van der Waals surface area contributed by atoms with Gasteiger partial charge in [0.25, 0.3) is 0 Å². The molecule has 3 heterocycles. The lowest BCUT2D eigenvalue weighted by atomic mass is 9.80. The van der Waals surface area contributed by atoms with Crippen LogP contribution in [0.5, 0.6) is 34.5 Å². The molecule has 2 atom stereocenters. The Bertz CT molecular complexity index is 1400. The number of benzene rings is 3. The molecule has 216 valence electrons. The van der Waals surface area contributed by atoms with Crippen molar-refractivity contribution >= 4 is 5.97 Å². The van der Waals surface area contributed by atoms with E-state index in [1.807, 2.05) is 42.5 Å². The minimum atomic E-state index is -0.299. The predicted molar refractivity (Wildman–Crippen MR) is 151 cm³/mol. The van der Waals surface area contributed by atoms with Gasteiger partial charge in [-0.15, -0.1) is 0 Å². The lowest BCUT2D eigenvalue weighted by molar-refractivity contribution is -0.135. The molecule has 0 spiro atoms. The molecule has 1 fully saturated rings. The molecule has 0 amide bonds. The van der Waals surface area contributed by atoms with Crippen molar-refractivity contribution in [3.63, 3.8) is 0 Å². The van der Waals surface area contributed by atoms with Gasteiger partial charge in [-0.3, -0.25) is 9.69 Å². The van der Waals surface area contributed by atoms with Crippen molar-refractivity contribution in [1.29, 1.82) is 0 Å². The zero-order valence-corrected chi connectivity index (χ0v) is 23.6. The highest BCUT2D eigenvalue weighted by molar-refractivity contribution is 5.81. The lowest BCUT2D eigenvalue weighted by Gasteiger charge is -2.33. The highest BCUT2D eigenvalue weighted by Crippen LogP contribution is 2.53. The smallest absolute Gasteiger partial charge is 0.312 e. The van der Waals surface area contributed by atoms with Gasteiger partial charge in [0, 0.05) is 42.1 Å². The topological polar surface area (TPSA) is 84.9 Å². The summed E-state index contributed by atoms with van der Waals surface area (Å²) in [5.41, 5.74) is 3.66. The molecule has 9 heteroatoms. The Balaban J connectivity index is 1.50. The van der Waals surface area contributed by atoms with Crippen molar-refractivity contribution in [3.8, 4) is 34.5 Å². The van der Waals surface area contributed by atoms with Crippen molar-refractivity contribution in [2.24, 2.45) is 0 Å². The van der Waals surface area contributed by atoms with E-state index in [9.17, 15) is 4.79 Å². The summed E-state index contributed by atoms with van der Waals surface area (Å²) in [6.45, 7) is 4.22. The van der Waals surface area contributed by atoms with E-state index in [1.165, 1.54) is 0 Å². The molecule has 0 radical (unpaired) electrons. The Morgan fingerprint density at radius 2 is 1.66 bits per heavy atom. The third kappa shape index (κ3) is 5.39. The largest absolute Gasteiger partial charge is 0.497 e. The number of carbonyl (C=O) groups is 1. The maximum Gasteiger partial charge on any atom is 0.312 e. The number of esters is 1. The zero-order chi connectivity index (χ0) is 28.3. The highest BCUT2D eigenvalue weighted by Gasteiger charge is 2.38. The number of hydrogen-bond acceptors (Lipinski definition) is 9. The summed E-state index contributed by atoms with van der Waals surface area (Å²) in [5, 5.41) is 0. The second-order valence-corrected chi connectivity index (χ2v) is 10.3. The first-order valence-electron chi connectivity index (χ1n) is 13.9. The lowest BCUT2D eigenvalue weighted by Crippen LogP contribution is -2.37. The summed E-state index contributed by atoms with van der Waals surface area (Å²) >= 11 is 0. The van der Waals surface area contributed by atoms with Gasteiger partial charge in [-0.2, -0.15) is 0 Å². The summed E-state index contributed by atoms with van der Waals surface area (Å²) in [4.78, 5) is 15.6. The monoisotopic (exact) mass is 561 g/mol. The van der Waals surface area contributed by atoms with Crippen LogP contribution >= 0.6 is 0 Å². The van der Waals surface area contributed by atoms with Gasteiger partial charge in [0.1, 0.15) is 23.0 Å². The quantitative estimate of drug-likeness (QED) is 0.272. The summed E-state index contributed by atoms with van der Waals surface area (Å²) in [6.07, 6.45) is 0.962. The number of carbonyl (C=O) groups excluding carboxylic acids is 1. The Kier molecular flexibility index (Phi) is 7.89. The fourth-order valence-electron chi connectivity index (χ4n) is 6.04. The highest BCUT2D eigenvalue weighted by atomic mass is 16.7. The zero-order valence-electron chi connectivity index (χ0n) is 23.6. The summed E-state index contributed by atoms with van der Waals surface area (Å²) in [5.74, 6) is 3.18. The van der Waals surface area contributed by atoms with Gasteiger partial charge in [-0.05, 0) is 48.4 Å². The van der Waals surface area contributed by atoms with E-state index in [-0.39, 0.29) is 31.0 Å². The van der Waals surface area contributed by atoms with E-state index in [2.05, 4.69) is 11.0 Å². The fraction of sp³-hybridized carbons (Fsp3) is 0.406. The standard InChI is InChI=1S/C32H35NO8/c1-35-22-7-4-20(5-8-22)24-17-29(34)41-32-30(27(36-2)18-28(37-3)31(24)32)23(10-11-33-12-14-38-15-13-33)21-6-9-25-26(16-21)40-19-39-25/h4-9,16,18,23-24H,10-15,17,19H2,1-3H3. The molecule has 1 saturated heterocycles. The average molecular weight is 562 g/mol. The normalized spacial score (nSPS) is 18.8. The van der Waals surface area contributed by atoms with E-state index < -0.39 is 0 Å². The van der Waals surface area contributed by atoms with Crippen LogP contribution in [0.25, 0.3) is 0 Å². The van der Waals surface area contributed by atoms with Gasteiger partial charge in [0.05, 0.1) is 41.0 Å². The molecule has 6 rings (SSSR count). The van der Waals surface area contributed by atoms with Crippen molar-refractivity contribution in [2.75, 3.05) is 61.0 Å². The van der Waals surface area contributed by atoms with Gasteiger partial charge in [-0.25, -0.2) is 0 Å². The molecule has 3 aliphatic rings. The van der Waals surface area contributed by atoms with Crippen LogP contribution in [-0.2, 0) is 9.53 Å². The van der Waals surface area contributed by atoms with E-state index in [0.29, 0.717) is 23.0 Å². The van der Waals surface area contributed by atoms with Crippen LogP contribution in [-0.4, -0.2) is 71.8 Å². The number of hydrogen-bond donors (Lipinski definition) is 0. The first-order valence-corrected chi connectivity index (χ1v) is 13.9. The number of ether oxygens (including phenoxy) is 7. The third-order valence-corrected chi connectivity index (χ3v) is 8.16. The van der Waals surface area contributed by atoms with Gasteiger partial charge < -0.3 is 33.2 Å². The molecule has 41 heavy (non-hydrogen) atoms. The number of methoxy groups -OCH3 is 3. The van der Waals surface area contributed by atoms with E-state index in [1.54, 1.807) is 21.3 Å². The Labute approximate surface area is 239 Å². The molecular weight excluding hydrogens is 526 g/mol. The van der Waals surface area contributed by atoms with Gasteiger partial charge >= 0.3 is 5.97 Å². The SMILES string of the molecule is COc1ccc(C2CC(=O)Oc3c(C(CCN4CCOCC4)c4ccc5c(c4)OCO5)c(OC)cc(OC)c32)cc1. The predicted octanol–water partition coefficient (Wildman–Crippen LogP) is 4.74. The molecule has 0 aromatic heterocycles. The minimum absolute atomic E-state index is 0.163. The van der Waals surface area contributed by atoms with Crippen molar-refractivity contribution in [1.82, 2.24) is 4.90 Å². The molecule has 0 aliphatic carbocycles. The van der Waals surface area contributed by atoms with Gasteiger partial charge in [0.15, 0.2) is 11.5 Å². The Hall–Kier alpha value is -3.95. The fourth-order valence-corrected chi connectivity index (χ4v) is 6.04. The van der Waals surface area contributed by atoms with E-state index in [4.69, 9.17) is 33.2 Å². The molecule has 0 N–H and O–H groups in total. The van der Waals surface area contributed by atoms with E-state index in [0.717, 1.165) is 73.0 Å². The van der Waals surface area contributed by atoms with Crippen LogP contribution in [0.2, 0.25) is 0 Å². The van der Waals surface area contributed by atoms with Crippen LogP contribution in [0.15, 0.2) is 48.5 Å². The molecular formula is C32H35NO8. The second-order valence-electron chi connectivity index (χ2n) is 10.3. The molecule has 0 saturated carbocycles. The van der Waals surface area contributed by atoms with Crippen molar-refractivity contribution in [3.05, 3.63) is 70.8 Å². The number of rotatable bonds is 9. The van der Waals surface area contributed by atoms with E-state index >= 15 is 0 Å². The Morgan fingerprint density at radius 3 is 2.39 bits per heavy atom. The second kappa shape index (κ2) is 11.9. The van der Waals surface area contributed by atoms with Crippen LogP contribution in [0, 0.1) is 0 Å². The summed E-state index contributed by atoms with van der Waals surface area (Å²) < 4.78 is 40.2. The number of morpholine rings is 1. The summed E-state index contributed by atoms with van der Waals surface area (Å²) in [6, 6.07) is 15.7. The molecule has 0 bridgehead atoms. The van der Waals surface area contributed by atoms with Crippen LogP contribution < -0.4 is 28.4 Å². The number of nitrogens with zero attached hydrogens (tertiary/aromatic N) is 1. The average Bonchev–Trinajstić information content (AvgIpc) is 3.49. The molecule has 9 nitrogen and oxygen atoms in total. The van der Waals surface area contributed by atoms with Crippen LogP contribution in [0.1, 0.15) is 46.9 Å². The first kappa shape index (κ1) is 27.2. The summed E-state index contributed by atoms with van der Waals surface area (Å²) in [7, 11) is 4.90. The van der Waals surface area contributed by atoms with Crippen molar-refractivity contribution < 1.29 is 38.0 Å². The molecule has 3 aromatic rings. The van der Waals surface area contributed by atoms with Crippen LogP contribution in [0.3, 0.4) is 0 Å². The molecule has 3 aliphatic heterocycles. The Morgan fingerprint density at radius 1 is 0.902 bits per heavy atom. The van der Waals surface area contributed by atoms with Crippen LogP contribution in [0.4, 0.5) is 0 Å². The maximum absolute atomic E-state index is 13.2. The molecule has 3 aromatic carbocycles.